The van der Waals surface area contributed by atoms with Crippen molar-refractivity contribution < 1.29 is 24.1 Å². The molecule has 6 nitrogen and oxygen atoms in total. The molecule has 0 amide bonds. The number of esters is 1. The predicted molar refractivity (Wildman–Crippen MR) is 157 cm³/mol. The molecule has 2 fully saturated rings. The number of rotatable bonds is 8. The fraction of sp³-hybridized carbons (Fsp3) is 0.719. The number of methoxy groups -OCH3 is 1. The van der Waals surface area contributed by atoms with Gasteiger partial charge in [0.2, 0.25) is 0 Å². The first-order valence-corrected chi connectivity index (χ1v) is 15.4. The number of aliphatic hydroxyl groups is 1. The Bertz CT molecular complexity index is 1080. The molecule has 7 heteroatoms. The van der Waals surface area contributed by atoms with Crippen LogP contribution in [-0.4, -0.2) is 62.3 Å². The van der Waals surface area contributed by atoms with Crippen LogP contribution in [0.5, 0.6) is 0 Å². The minimum Gasteiger partial charge on any atom is -0.465 e. The number of ether oxygens (including phenoxy) is 3. The summed E-state index contributed by atoms with van der Waals surface area (Å²) >= 11 is 1.43. The highest BCUT2D eigenvalue weighted by Crippen LogP contribution is 2.40. The lowest BCUT2D eigenvalue weighted by atomic mass is 9.79. The molecular formula is C32H47NO5S. The molecule has 216 valence electrons. The van der Waals surface area contributed by atoms with Gasteiger partial charge in [0.25, 0.3) is 0 Å². The lowest BCUT2D eigenvalue weighted by Gasteiger charge is -2.44. The van der Waals surface area contributed by atoms with Crippen molar-refractivity contribution in [2.75, 3.05) is 38.4 Å². The Morgan fingerprint density at radius 1 is 1.28 bits per heavy atom. The number of carbonyl (C=O) groups is 1. The summed E-state index contributed by atoms with van der Waals surface area (Å²) in [6.07, 6.45) is 8.56. The maximum absolute atomic E-state index is 13.0. The SMILES string of the molecule is COC(=O)c1sc(C#CC(C)(C)C)cc1N(C[C@H]1CC=C(C)C[C@@H]1C)[C@H]1CC[C@](O)(CO[C@H]2CCOC2)CC1. The molecule has 3 atom stereocenters. The van der Waals surface area contributed by atoms with E-state index in [1.165, 1.54) is 24.0 Å². The van der Waals surface area contributed by atoms with Crippen molar-refractivity contribution in [3.05, 3.63) is 27.5 Å². The van der Waals surface area contributed by atoms with Gasteiger partial charge in [-0.15, -0.1) is 11.3 Å². The van der Waals surface area contributed by atoms with Gasteiger partial charge in [-0.1, -0.05) is 30.4 Å². The molecule has 0 radical (unpaired) electrons. The van der Waals surface area contributed by atoms with Crippen LogP contribution in [0.3, 0.4) is 0 Å². The molecule has 1 aromatic rings. The molecule has 1 aliphatic heterocycles. The molecule has 1 saturated carbocycles. The van der Waals surface area contributed by atoms with Gasteiger partial charge in [-0.05, 0) is 90.5 Å². The monoisotopic (exact) mass is 557 g/mol. The first-order chi connectivity index (χ1) is 18.5. The highest BCUT2D eigenvalue weighted by Gasteiger charge is 2.39. The van der Waals surface area contributed by atoms with Gasteiger partial charge >= 0.3 is 5.97 Å². The van der Waals surface area contributed by atoms with E-state index in [0.29, 0.717) is 42.8 Å². The fourth-order valence-corrected chi connectivity index (χ4v) is 6.89. The van der Waals surface area contributed by atoms with Crippen LogP contribution in [0.15, 0.2) is 17.7 Å². The largest absolute Gasteiger partial charge is 0.465 e. The molecule has 2 aliphatic carbocycles. The Hall–Kier alpha value is -1.85. The van der Waals surface area contributed by atoms with E-state index in [1.807, 2.05) is 0 Å². The van der Waals surface area contributed by atoms with Crippen molar-refractivity contribution in [1.82, 2.24) is 0 Å². The normalized spacial score (nSPS) is 29.4. The number of carbonyl (C=O) groups excluding carboxylic acids is 1. The van der Waals surface area contributed by atoms with Crippen LogP contribution in [0, 0.1) is 29.1 Å². The summed E-state index contributed by atoms with van der Waals surface area (Å²) in [6.45, 7) is 13.4. The van der Waals surface area contributed by atoms with Gasteiger partial charge in [-0.25, -0.2) is 4.79 Å². The summed E-state index contributed by atoms with van der Waals surface area (Å²) in [5.74, 6) is 7.39. The van der Waals surface area contributed by atoms with Gasteiger partial charge < -0.3 is 24.2 Å². The summed E-state index contributed by atoms with van der Waals surface area (Å²) in [6, 6.07) is 2.31. The van der Waals surface area contributed by atoms with Gasteiger partial charge in [-0.3, -0.25) is 0 Å². The van der Waals surface area contributed by atoms with E-state index in [4.69, 9.17) is 14.2 Å². The van der Waals surface area contributed by atoms with Crippen LogP contribution >= 0.6 is 11.3 Å². The maximum Gasteiger partial charge on any atom is 0.350 e. The Labute approximate surface area is 239 Å². The first kappa shape index (κ1) is 30.1. The molecule has 1 saturated heterocycles. The second-order valence-electron chi connectivity index (χ2n) is 12.9. The van der Waals surface area contributed by atoms with Crippen molar-refractivity contribution in [2.45, 2.75) is 97.3 Å². The van der Waals surface area contributed by atoms with E-state index < -0.39 is 5.60 Å². The standard InChI is InChI=1S/C32H47NO5S/c1-22-7-8-24(23(2)17-22)19-33(25-9-14-32(35,15-10-25)21-38-26-12-16-37-20-26)28-18-27(11-13-31(3,4)5)39-29(28)30(34)36-6/h7,18,23-26,35H,8-10,12,14-17,19-21H2,1-6H3/t23-,24+,25-,26-,32+/m0/s1. The van der Waals surface area contributed by atoms with E-state index in [0.717, 1.165) is 55.8 Å². The highest BCUT2D eigenvalue weighted by atomic mass is 32.1. The number of thiophene rings is 1. The Morgan fingerprint density at radius 2 is 2.03 bits per heavy atom. The summed E-state index contributed by atoms with van der Waals surface area (Å²) in [4.78, 5) is 16.9. The molecular weight excluding hydrogens is 510 g/mol. The molecule has 2 heterocycles. The van der Waals surface area contributed by atoms with Crippen LogP contribution in [0.1, 0.15) is 94.1 Å². The Balaban J connectivity index is 1.59. The van der Waals surface area contributed by atoms with Crippen molar-refractivity contribution in [3.63, 3.8) is 0 Å². The number of hydrogen-bond donors (Lipinski definition) is 1. The Morgan fingerprint density at radius 3 is 2.64 bits per heavy atom. The quantitative estimate of drug-likeness (QED) is 0.233. The summed E-state index contributed by atoms with van der Waals surface area (Å²) in [7, 11) is 1.45. The summed E-state index contributed by atoms with van der Waals surface area (Å²) in [5, 5.41) is 11.3. The second-order valence-corrected chi connectivity index (χ2v) is 14.0. The highest BCUT2D eigenvalue weighted by molar-refractivity contribution is 7.15. The number of hydrogen-bond acceptors (Lipinski definition) is 7. The maximum atomic E-state index is 13.0. The molecule has 0 unspecified atom stereocenters. The lowest BCUT2D eigenvalue weighted by Crippen LogP contribution is -2.48. The van der Waals surface area contributed by atoms with Gasteiger partial charge in [0, 0.05) is 24.6 Å². The van der Waals surface area contributed by atoms with E-state index >= 15 is 0 Å². The fourth-order valence-electron chi connectivity index (χ4n) is 5.95. The second kappa shape index (κ2) is 12.8. The average molecular weight is 558 g/mol. The van der Waals surface area contributed by atoms with Crippen LogP contribution in [-0.2, 0) is 14.2 Å². The molecule has 0 bridgehead atoms. The number of anilines is 1. The zero-order valence-corrected chi connectivity index (χ0v) is 25.5. The molecule has 1 N–H and O–H groups in total. The third-order valence-corrected chi connectivity index (χ3v) is 9.42. The predicted octanol–water partition coefficient (Wildman–Crippen LogP) is 6.21. The van der Waals surface area contributed by atoms with Crippen LogP contribution in [0.4, 0.5) is 5.69 Å². The van der Waals surface area contributed by atoms with E-state index in [9.17, 15) is 9.90 Å². The zero-order valence-electron chi connectivity index (χ0n) is 24.7. The third-order valence-electron chi connectivity index (χ3n) is 8.40. The summed E-state index contributed by atoms with van der Waals surface area (Å²) < 4.78 is 16.7. The molecule has 4 rings (SSSR count). The van der Waals surface area contributed by atoms with Crippen LogP contribution in [0.2, 0.25) is 0 Å². The van der Waals surface area contributed by atoms with E-state index in [-0.39, 0.29) is 23.5 Å². The Kier molecular flexibility index (Phi) is 9.86. The number of allylic oxidation sites excluding steroid dienone is 2. The average Bonchev–Trinajstić information content (AvgIpc) is 3.56. The minimum atomic E-state index is -0.814. The summed E-state index contributed by atoms with van der Waals surface area (Å²) in [5.41, 5.74) is 1.45. The van der Waals surface area contributed by atoms with Gasteiger partial charge in [0.15, 0.2) is 0 Å². The molecule has 39 heavy (non-hydrogen) atoms. The van der Waals surface area contributed by atoms with E-state index in [1.54, 1.807) is 0 Å². The third kappa shape index (κ3) is 8.10. The van der Waals surface area contributed by atoms with Gasteiger partial charge in [-0.2, -0.15) is 0 Å². The zero-order chi connectivity index (χ0) is 28.2. The van der Waals surface area contributed by atoms with Gasteiger partial charge in [0.1, 0.15) is 4.88 Å². The van der Waals surface area contributed by atoms with Crippen molar-refractivity contribution in [3.8, 4) is 11.8 Å². The van der Waals surface area contributed by atoms with Crippen molar-refractivity contribution in [1.29, 1.82) is 0 Å². The van der Waals surface area contributed by atoms with Crippen molar-refractivity contribution in [2.24, 2.45) is 17.3 Å². The van der Waals surface area contributed by atoms with Crippen LogP contribution in [0.25, 0.3) is 0 Å². The first-order valence-electron chi connectivity index (χ1n) is 14.6. The van der Waals surface area contributed by atoms with Crippen molar-refractivity contribution >= 4 is 23.0 Å². The molecule has 0 spiro atoms. The minimum absolute atomic E-state index is 0.0913. The molecule has 0 aromatic carbocycles. The number of nitrogens with zero attached hydrogens (tertiary/aromatic N) is 1. The molecule has 3 aliphatic rings. The van der Waals surface area contributed by atoms with Gasteiger partial charge in [0.05, 0.1) is 42.6 Å². The van der Waals surface area contributed by atoms with Crippen LogP contribution < -0.4 is 4.90 Å². The topological polar surface area (TPSA) is 68.2 Å². The van der Waals surface area contributed by atoms with E-state index in [2.05, 4.69) is 63.5 Å². The smallest absolute Gasteiger partial charge is 0.350 e. The lowest BCUT2D eigenvalue weighted by molar-refractivity contribution is -0.0927. The molecule has 1 aromatic heterocycles.